The number of halogens is 1. The maximum absolute atomic E-state index is 12.6. The Balaban J connectivity index is 1.72. The fourth-order valence-corrected chi connectivity index (χ4v) is 3.47. The summed E-state index contributed by atoms with van der Waals surface area (Å²) in [6.07, 6.45) is 2.80. The molecule has 0 bridgehead atoms. The van der Waals surface area contributed by atoms with Gasteiger partial charge in [0.25, 0.3) is 5.91 Å². The molecule has 1 amide bonds. The number of benzene rings is 1. The molecule has 6 heteroatoms. The summed E-state index contributed by atoms with van der Waals surface area (Å²) >= 11 is 6.41. The third-order valence-electron chi connectivity index (χ3n) is 4.50. The molecular weight excluding hydrogens is 326 g/mol. The first kappa shape index (κ1) is 17.0. The van der Waals surface area contributed by atoms with E-state index in [1.165, 1.54) is 0 Å². The van der Waals surface area contributed by atoms with Gasteiger partial charge in [0.1, 0.15) is 5.15 Å². The molecule has 1 aromatic carbocycles. The molecule has 24 heavy (non-hydrogen) atoms. The SMILES string of the molecule is Cc1nn(Cc2ccccc2)c(Cl)c1C(=O)NC1CCC(O)CC1. The summed E-state index contributed by atoms with van der Waals surface area (Å²) in [5, 5.41) is 17.4. The van der Waals surface area contributed by atoms with Crippen LogP contribution in [0.25, 0.3) is 0 Å². The zero-order chi connectivity index (χ0) is 17.1. The van der Waals surface area contributed by atoms with Gasteiger partial charge in [-0.1, -0.05) is 41.9 Å². The van der Waals surface area contributed by atoms with E-state index in [9.17, 15) is 9.90 Å². The Kier molecular flexibility index (Phi) is 5.21. The van der Waals surface area contributed by atoms with Crippen LogP contribution in [-0.4, -0.2) is 32.9 Å². The van der Waals surface area contributed by atoms with Crippen molar-refractivity contribution >= 4 is 17.5 Å². The van der Waals surface area contributed by atoms with Crippen molar-refractivity contribution in [2.75, 3.05) is 0 Å². The van der Waals surface area contributed by atoms with Crippen molar-refractivity contribution in [1.29, 1.82) is 0 Å². The van der Waals surface area contributed by atoms with Crippen molar-refractivity contribution in [1.82, 2.24) is 15.1 Å². The summed E-state index contributed by atoms with van der Waals surface area (Å²) in [6, 6.07) is 9.98. The largest absolute Gasteiger partial charge is 0.393 e. The number of aliphatic hydroxyl groups excluding tert-OH is 1. The first-order chi connectivity index (χ1) is 11.5. The van der Waals surface area contributed by atoms with Crippen molar-refractivity contribution in [2.45, 2.75) is 51.3 Å². The molecule has 128 valence electrons. The molecule has 1 aliphatic carbocycles. The van der Waals surface area contributed by atoms with Crippen molar-refractivity contribution in [3.63, 3.8) is 0 Å². The van der Waals surface area contributed by atoms with Crippen LogP contribution in [0.3, 0.4) is 0 Å². The minimum atomic E-state index is -0.239. The standard InChI is InChI=1S/C18H22ClN3O2/c1-12-16(18(24)20-14-7-9-15(23)10-8-14)17(19)22(21-12)11-13-5-3-2-4-6-13/h2-6,14-15,23H,7-11H2,1H3,(H,20,24). The van der Waals surface area contributed by atoms with Gasteiger partial charge in [0.2, 0.25) is 0 Å². The van der Waals surface area contributed by atoms with Crippen molar-refractivity contribution in [3.05, 3.63) is 52.3 Å². The molecule has 5 nitrogen and oxygen atoms in total. The van der Waals surface area contributed by atoms with Crippen LogP contribution in [0.15, 0.2) is 30.3 Å². The number of carbonyl (C=O) groups excluding carboxylic acids is 1. The smallest absolute Gasteiger partial charge is 0.256 e. The number of rotatable bonds is 4. The monoisotopic (exact) mass is 347 g/mol. The number of hydrogen-bond acceptors (Lipinski definition) is 3. The van der Waals surface area contributed by atoms with Gasteiger partial charge in [-0.05, 0) is 38.2 Å². The average Bonchev–Trinajstić information content (AvgIpc) is 2.84. The summed E-state index contributed by atoms with van der Waals surface area (Å²) < 4.78 is 1.66. The van der Waals surface area contributed by atoms with Crippen LogP contribution >= 0.6 is 11.6 Å². The fraction of sp³-hybridized carbons (Fsp3) is 0.444. The minimum Gasteiger partial charge on any atom is -0.393 e. The molecule has 1 heterocycles. The van der Waals surface area contributed by atoms with E-state index in [4.69, 9.17) is 11.6 Å². The van der Waals surface area contributed by atoms with Crippen LogP contribution in [0.4, 0.5) is 0 Å². The lowest BCUT2D eigenvalue weighted by atomic mass is 9.93. The molecule has 0 unspecified atom stereocenters. The first-order valence-electron chi connectivity index (χ1n) is 8.30. The Morgan fingerprint density at radius 3 is 2.62 bits per heavy atom. The van der Waals surface area contributed by atoms with E-state index in [0.717, 1.165) is 31.2 Å². The molecule has 1 aliphatic rings. The number of aryl methyl sites for hydroxylation is 1. The van der Waals surface area contributed by atoms with Crippen molar-refractivity contribution < 1.29 is 9.90 Å². The highest BCUT2D eigenvalue weighted by Gasteiger charge is 2.25. The maximum Gasteiger partial charge on any atom is 0.256 e. The lowest BCUT2D eigenvalue weighted by Crippen LogP contribution is -2.38. The summed E-state index contributed by atoms with van der Waals surface area (Å²) in [5.41, 5.74) is 2.15. The normalized spacial score (nSPS) is 20.8. The maximum atomic E-state index is 12.6. The van der Waals surface area contributed by atoms with E-state index >= 15 is 0 Å². The molecule has 0 radical (unpaired) electrons. The van der Waals surface area contributed by atoms with Crippen LogP contribution in [0, 0.1) is 6.92 Å². The molecular formula is C18H22ClN3O2. The highest BCUT2D eigenvalue weighted by Crippen LogP contribution is 2.23. The molecule has 2 N–H and O–H groups in total. The fourth-order valence-electron chi connectivity index (χ4n) is 3.15. The van der Waals surface area contributed by atoms with Gasteiger partial charge in [0, 0.05) is 6.04 Å². The highest BCUT2D eigenvalue weighted by atomic mass is 35.5. The number of carbonyl (C=O) groups is 1. The van der Waals surface area contributed by atoms with Crippen LogP contribution in [-0.2, 0) is 6.54 Å². The Hall–Kier alpha value is -1.85. The number of hydrogen-bond donors (Lipinski definition) is 2. The Bertz CT molecular complexity index is 707. The predicted molar refractivity (Wildman–Crippen MR) is 93.2 cm³/mol. The second kappa shape index (κ2) is 7.36. The zero-order valence-corrected chi connectivity index (χ0v) is 14.5. The van der Waals surface area contributed by atoms with E-state index in [0.29, 0.717) is 23.0 Å². The van der Waals surface area contributed by atoms with E-state index in [1.54, 1.807) is 11.6 Å². The lowest BCUT2D eigenvalue weighted by Gasteiger charge is -2.26. The third kappa shape index (κ3) is 3.79. The van der Waals surface area contributed by atoms with Crippen LogP contribution in [0.2, 0.25) is 5.15 Å². The number of amides is 1. The molecule has 1 fully saturated rings. The number of aromatic nitrogens is 2. The molecule has 1 aromatic heterocycles. The van der Waals surface area contributed by atoms with Gasteiger partial charge >= 0.3 is 0 Å². The van der Waals surface area contributed by atoms with E-state index in [-0.39, 0.29) is 18.1 Å². The Labute approximate surface area is 146 Å². The highest BCUT2D eigenvalue weighted by molar-refractivity contribution is 6.33. The van der Waals surface area contributed by atoms with Crippen LogP contribution in [0.1, 0.15) is 47.3 Å². The van der Waals surface area contributed by atoms with Gasteiger partial charge in [-0.2, -0.15) is 5.10 Å². The molecule has 0 atom stereocenters. The second-order valence-corrected chi connectivity index (χ2v) is 6.73. The molecule has 2 aromatic rings. The average molecular weight is 348 g/mol. The molecule has 0 saturated heterocycles. The summed E-state index contributed by atoms with van der Waals surface area (Å²) in [4.78, 5) is 12.6. The number of aliphatic hydroxyl groups is 1. The van der Waals surface area contributed by atoms with Gasteiger partial charge < -0.3 is 10.4 Å². The minimum absolute atomic E-state index is 0.0915. The number of nitrogens with zero attached hydrogens (tertiary/aromatic N) is 2. The first-order valence-corrected chi connectivity index (χ1v) is 8.68. The predicted octanol–water partition coefficient (Wildman–Crippen LogP) is 2.93. The number of nitrogens with one attached hydrogen (secondary N) is 1. The van der Waals surface area contributed by atoms with E-state index in [2.05, 4.69) is 10.4 Å². The Morgan fingerprint density at radius 1 is 1.29 bits per heavy atom. The summed E-state index contributed by atoms with van der Waals surface area (Å²) in [6.45, 7) is 2.33. The molecule has 1 saturated carbocycles. The lowest BCUT2D eigenvalue weighted by molar-refractivity contribution is 0.0867. The quantitative estimate of drug-likeness (QED) is 0.893. The summed E-state index contributed by atoms with van der Waals surface area (Å²) in [7, 11) is 0. The van der Waals surface area contributed by atoms with Gasteiger partial charge in [0.05, 0.1) is 23.9 Å². The molecule has 0 aliphatic heterocycles. The van der Waals surface area contributed by atoms with Gasteiger partial charge in [-0.3, -0.25) is 4.79 Å². The van der Waals surface area contributed by atoms with Crippen molar-refractivity contribution in [3.8, 4) is 0 Å². The van der Waals surface area contributed by atoms with E-state index < -0.39 is 0 Å². The van der Waals surface area contributed by atoms with Crippen molar-refractivity contribution in [2.24, 2.45) is 0 Å². The molecule has 3 rings (SSSR count). The summed E-state index contributed by atoms with van der Waals surface area (Å²) in [5.74, 6) is -0.182. The van der Waals surface area contributed by atoms with Crippen LogP contribution in [0.5, 0.6) is 0 Å². The zero-order valence-electron chi connectivity index (χ0n) is 13.7. The van der Waals surface area contributed by atoms with E-state index in [1.807, 2.05) is 30.3 Å². The van der Waals surface area contributed by atoms with Gasteiger partial charge in [-0.25, -0.2) is 4.68 Å². The third-order valence-corrected chi connectivity index (χ3v) is 4.88. The van der Waals surface area contributed by atoms with Gasteiger partial charge in [0.15, 0.2) is 0 Å². The topological polar surface area (TPSA) is 67.2 Å². The Morgan fingerprint density at radius 2 is 1.96 bits per heavy atom. The van der Waals surface area contributed by atoms with Crippen LogP contribution < -0.4 is 5.32 Å². The molecule has 0 spiro atoms. The van der Waals surface area contributed by atoms with Gasteiger partial charge in [-0.15, -0.1) is 0 Å². The second-order valence-electron chi connectivity index (χ2n) is 6.37.